The van der Waals surface area contributed by atoms with E-state index in [1.807, 2.05) is 0 Å². The summed E-state index contributed by atoms with van der Waals surface area (Å²) in [7, 11) is 2.07. The highest BCUT2D eigenvalue weighted by atomic mass is 15.4. The third kappa shape index (κ3) is 3.79. The fourth-order valence-electron chi connectivity index (χ4n) is 3.37. The molecule has 1 unspecified atom stereocenters. The Morgan fingerprint density at radius 1 is 1.29 bits per heavy atom. The second-order valence-electron chi connectivity index (χ2n) is 7.39. The van der Waals surface area contributed by atoms with Crippen molar-refractivity contribution < 1.29 is 0 Å². The fraction of sp³-hybridized carbons (Fsp3) is 0.824. The topological polar surface area (TPSA) is 47.1 Å². The molecule has 120 valence electrons. The van der Waals surface area contributed by atoms with Crippen molar-refractivity contribution in [3.63, 3.8) is 0 Å². The summed E-state index contributed by atoms with van der Waals surface area (Å²) in [5.41, 5.74) is 9.15. The van der Waals surface area contributed by atoms with Crippen molar-refractivity contribution in [2.75, 3.05) is 18.0 Å². The normalized spacial score (nSPS) is 20.4. The smallest absolute Gasteiger partial charge is 0.130 e. The van der Waals surface area contributed by atoms with E-state index in [4.69, 9.17) is 5.73 Å². The minimum absolute atomic E-state index is 0.232. The van der Waals surface area contributed by atoms with Crippen LogP contribution in [0.25, 0.3) is 0 Å². The molecule has 0 aliphatic carbocycles. The Labute approximate surface area is 129 Å². The molecule has 1 aromatic heterocycles. The van der Waals surface area contributed by atoms with E-state index in [2.05, 4.69) is 49.4 Å². The van der Waals surface area contributed by atoms with Crippen LogP contribution in [0.5, 0.6) is 0 Å². The first-order valence-electron chi connectivity index (χ1n) is 8.37. The van der Waals surface area contributed by atoms with Gasteiger partial charge in [-0.15, -0.1) is 0 Å². The van der Waals surface area contributed by atoms with Gasteiger partial charge in [0.05, 0.1) is 5.69 Å². The van der Waals surface area contributed by atoms with Crippen molar-refractivity contribution >= 4 is 5.82 Å². The highest BCUT2D eigenvalue weighted by Gasteiger charge is 2.27. The fourth-order valence-corrected chi connectivity index (χ4v) is 3.37. The summed E-state index contributed by atoms with van der Waals surface area (Å²) in [6, 6.07) is 0.232. The molecule has 1 aliphatic heterocycles. The maximum absolute atomic E-state index is 6.20. The summed E-state index contributed by atoms with van der Waals surface area (Å²) in [5.74, 6) is 1.30. The molecule has 4 heteroatoms. The monoisotopic (exact) mass is 292 g/mol. The van der Waals surface area contributed by atoms with Crippen molar-refractivity contribution in [3.8, 4) is 0 Å². The van der Waals surface area contributed by atoms with Crippen molar-refractivity contribution in [3.05, 3.63) is 11.3 Å². The van der Waals surface area contributed by atoms with Crippen LogP contribution in [0.4, 0.5) is 5.82 Å². The first-order chi connectivity index (χ1) is 9.84. The van der Waals surface area contributed by atoms with Crippen molar-refractivity contribution in [2.45, 2.75) is 65.8 Å². The van der Waals surface area contributed by atoms with Crippen LogP contribution in [-0.4, -0.2) is 28.9 Å². The molecule has 0 bridgehead atoms. The van der Waals surface area contributed by atoms with Crippen LogP contribution in [-0.2, 0) is 13.5 Å². The van der Waals surface area contributed by atoms with Gasteiger partial charge in [-0.2, -0.15) is 5.10 Å². The number of nitrogens with zero attached hydrogens (tertiary/aromatic N) is 3. The molecule has 2 N–H and O–H groups in total. The molecule has 0 radical (unpaired) electrons. The van der Waals surface area contributed by atoms with Gasteiger partial charge in [0.25, 0.3) is 0 Å². The summed E-state index contributed by atoms with van der Waals surface area (Å²) in [4.78, 5) is 2.53. The van der Waals surface area contributed by atoms with E-state index in [9.17, 15) is 0 Å². The predicted molar refractivity (Wildman–Crippen MR) is 89.8 cm³/mol. The Morgan fingerprint density at radius 3 is 2.67 bits per heavy atom. The van der Waals surface area contributed by atoms with Gasteiger partial charge in [-0.25, -0.2) is 0 Å². The standard InChI is InChI=1S/C17H32N4/c1-6-14(18)12-15-13(2)19-20(5)16(15)21-10-7-8-17(3,4)9-11-21/h14H,6-12,18H2,1-5H3. The molecule has 2 heterocycles. The summed E-state index contributed by atoms with van der Waals surface area (Å²) < 4.78 is 2.06. The van der Waals surface area contributed by atoms with Crippen LogP contribution in [0.1, 0.15) is 57.7 Å². The van der Waals surface area contributed by atoms with Crippen LogP contribution in [0.3, 0.4) is 0 Å². The van der Waals surface area contributed by atoms with Gasteiger partial charge in [0.15, 0.2) is 0 Å². The van der Waals surface area contributed by atoms with Gasteiger partial charge < -0.3 is 10.6 Å². The number of hydrogen-bond acceptors (Lipinski definition) is 3. The summed E-state index contributed by atoms with van der Waals surface area (Å²) in [6.45, 7) is 11.3. The zero-order chi connectivity index (χ0) is 15.6. The van der Waals surface area contributed by atoms with E-state index in [-0.39, 0.29) is 6.04 Å². The minimum atomic E-state index is 0.232. The molecular formula is C17H32N4. The average Bonchev–Trinajstić information content (AvgIpc) is 2.58. The zero-order valence-electron chi connectivity index (χ0n) is 14.4. The molecular weight excluding hydrogens is 260 g/mol. The maximum atomic E-state index is 6.20. The van der Waals surface area contributed by atoms with Gasteiger partial charge in [-0.3, -0.25) is 4.68 Å². The number of aryl methyl sites for hydroxylation is 2. The van der Waals surface area contributed by atoms with Gasteiger partial charge in [0.2, 0.25) is 0 Å². The van der Waals surface area contributed by atoms with Crippen LogP contribution < -0.4 is 10.6 Å². The van der Waals surface area contributed by atoms with E-state index in [0.717, 1.165) is 31.6 Å². The van der Waals surface area contributed by atoms with Gasteiger partial charge in [-0.05, 0) is 44.4 Å². The first-order valence-corrected chi connectivity index (χ1v) is 8.37. The Hall–Kier alpha value is -1.03. The molecule has 1 fully saturated rings. The van der Waals surface area contributed by atoms with Gasteiger partial charge >= 0.3 is 0 Å². The number of hydrogen-bond donors (Lipinski definition) is 1. The second-order valence-corrected chi connectivity index (χ2v) is 7.39. The largest absolute Gasteiger partial charge is 0.357 e. The van der Waals surface area contributed by atoms with Gasteiger partial charge in [0.1, 0.15) is 5.82 Å². The Morgan fingerprint density at radius 2 is 2.00 bits per heavy atom. The number of aromatic nitrogens is 2. The SMILES string of the molecule is CCC(N)Cc1c(C)nn(C)c1N1CCCC(C)(C)CC1. The number of anilines is 1. The van der Waals surface area contributed by atoms with Crippen LogP contribution in [0.2, 0.25) is 0 Å². The number of rotatable bonds is 4. The lowest BCUT2D eigenvalue weighted by atomic mass is 9.85. The van der Waals surface area contributed by atoms with Crippen LogP contribution in [0.15, 0.2) is 0 Å². The molecule has 0 spiro atoms. The van der Waals surface area contributed by atoms with Crippen molar-refractivity contribution in [2.24, 2.45) is 18.2 Å². The molecule has 1 atom stereocenters. The first kappa shape index (κ1) is 16.3. The van der Waals surface area contributed by atoms with Crippen molar-refractivity contribution in [1.29, 1.82) is 0 Å². The predicted octanol–water partition coefficient (Wildman–Crippen LogP) is 3.02. The van der Waals surface area contributed by atoms with E-state index < -0.39 is 0 Å². The summed E-state index contributed by atoms with van der Waals surface area (Å²) in [6.07, 6.45) is 5.77. The third-order valence-electron chi connectivity index (χ3n) is 4.94. The molecule has 0 amide bonds. The highest BCUT2D eigenvalue weighted by molar-refractivity contribution is 5.50. The molecule has 1 aliphatic rings. The molecule has 2 rings (SSSR count). The lowest BCUT2D eigenvalue weighted by Gasteiger charge is -2.26. The van der Waals surface area contributed by atoms with E-state index in [1.54, 1.807) is 0 Å². The molecule has 4 nitrogen and oxygen atoms in total. The third-order valence-corrected chi connectivity index (χ3v) is 4.94. The van der Waals surface area contributed by atoms with Crippen LogP contribution >= 0.6 is 0 Å². The van der Waals surface area contributed by atoms with E-state index in [0.29, 0.717) is 5.41 Å². The quantitative estimate of drug-likeness (QED) is 0.928. The maximum Gasteiger partial charge on any atom is 0.130 e. The zero-order valence-corrected chi connectivity index (χ0v) is 14.4. The van der Waals surface area contributed by atoms with Crippen LogP contribution in [0, 0.1) is 12.3 Å². The molecule has 0 aromatic carbocycles. The van der Waals surface area contributed by atoms with Crippen molar-refractivity contribution in [1.82, 2.24) is 9.78 Å². The van der Waals surface area contributed by atoms with E-state index in [1.165, 1.54) is 30.6 Å². The van der Waals surface area contributed by atoms with E-state index >= 15 is 0 Å². The Kier molecular flexibility index (Phi) is 4.97. The Balaban J connectivity index is 2.26. The lowest BCUT2D eigenvalue weighted by Crippen LogP contribution is -2.29. The second kappa shape index (κ2) is 6.39. The lowest BCUT2D eigenvalue weighted by molar-refractivity contribution is 0.325. The average molecular weight is 292 g/mol. The molecule has 0 saturated carbocycles. The van der Waals surface area contributed by atoms with Gasteiger partial charge in [-0.1, -0.05) is 20.8 Å². The highest BCUT2D eigenvalue weighted by Crippen LogP contribution is 2.33. The summed E-state index contributed by atoms with van der Waals surface area (Å²) in [5, 5.41) is 4.66. The summed E-state index contributed by atoms with van der Waals surface area (Å²) >= 11 is 0. The number of nitrogens with two attached hydrogens (primary N) is 1. The Bertz CT molecular complexity index is 475. The minimum Gasteiger partial charge on any atom is -0.357 e. The van der Waals surface area contributed by atoms with Gasteiger partial charge in [0, 0.05) is 31.7 Å². The molecule has 21 heavy (non-hydrogen) atoms. The molecule has 1 saturated heterocycles. The molecule has 1 aromatic rings.